The summed E-state index contributed by atoms with van der Waals surface area (Å²) in [7, 11) is 0. The van der Waals surface area contributed by atoms with Crippen LogP contribution >= 0.6 is 0 Å². The summed E-state index contributed by atoms with van der Waals surface area (Å²) in [5.41, 5.74) is -0.769. The van der Waals surface area contributed by atoms with Crippen molar-refractivity contribution in [1.29, 1.82) is 0 Å². The average Bonchev–Trinajstić information content (AvgIpc) is 2.84. The van der Waals surface area contributed by atoms with Gasteiger partial charge in [0.05, 0.1) is 28.3 Å². The van der Waals surface area contributed by atoms with E-state index in [4.69, 9.17) is 4.74 Å². The molecule has 0 saturated heterocycles. The Labute approximate surface area is 195 Å². The van der Waals surface area contributed by atoms with Crippen molar-refractivity contribution in [3.63, 3.8) is 0 Å². The molecule has 0 aromatic heterocycles. The molecule has 1 N–H and O–H groups in total. The molecule has 0 aliphatic carbocycles. The summed E-state index contributed by atoms with van der Waals surface area (Å²) in [6.45, 7) is 2.45. The molecule has 0 radical (unpaired) electrons. The van der Waals surface area contributed by atoms with Gasteiger partial charge in [0.2, 0.25) is 0 Å². The number of carbonyl (C=O) groups excluding carboxylic acids is 2. The SMILES string of the molecule is CCCCOc1cccc(N(C(=O)c2cccc([N+](=O)[O-])c2)C(=O)c2ccccc2C(=O)O)c1. The van der Waals surface area contributed by atoms with E-state index in [0.29, 0.717) is 12.4 Å². The molecule has 3 rings (SSSR count). The number of anilines is 1. The van der Waals surface area contributed by atoms with Crippen LogP contribution < -0.4 is 9.64 Å². The number of carboxylic acids is 1. The first-order valence-electron chi connectivity index (χ1n) is 10.5. The van der Waals surface area contributed by atoms with Gasteiger partial charge in [-0.2, -0.15) is 0 Å². The molecule has 3 aromatic rings. The van der Waals surface area contributed by atoms with Crippen molar-refractivity contribution in [2.45, 2.75) is 19.8 Å². The van der Waals surface area contributed by atoms with Gasteiger partial charge in [-0.3, -0.25) is 19.7 Å². The lowest BCUT2D eigenvalue weighted by Crippen LogP contribution is -2.38. The number of carbonyl (C=O) groups is 3. The second-order valence-corrected chi connectivity index (χ2v) is 7.30. The summed E-state index contributed by atoms with van der Waals surface area (Å²) >= 11 is 0. The van der Waals surface area contributed by atoms with Crippen molar-refractivity contribution in [3.05, 3.63) is 99.6 Å². The Morgan fingerprint density at radius 1 is 0.941 bits per heavy atom. The Kier molecular flexibility index (Phi) is 7.71. The lowest BCUT2D eigenvalue weighted by Gasteiger charge is -2.22. The maximum absolute atomic E-state index is 13.5. The maximum atomic E-state index is 13.5. The van der Waals surface area contributed by atoms with Crippen LogP contribution in [0, 0.1) is 10.1 Å². The van der Waals surface area contributed by atoms with Gasteiger partial charge in [0, 0.05) is 23.8 Å². The summed E-state index contributed by atoms with van der Waals surface area (Å²) in [4.78, 5) is 50.1. The first-order chi connectivity index (χ1) is 16.3. The van der Waals surface area contributed by atoms with Gasteiger partial charge in [-0.15, -0.1) is 0 Å². The maximum Gasteiger partial charge on any atom is 0.336 e. The van der Waals surface area contributed by atoms with Gasteiger partial charge in [0.1, 0.15) is 5.75 Å². The Hall–Kier alpha value is -4.53. The standard InChI is InChI=1S/C25H22N2O7/c1-2-3-14-34-20-11-7-9-18(16-20)26(23(28)17-8-6-10-19(15-17)27(32)33)24(29)21-12-4-5-13-22(21)25(30)31/h4-13,15-16H,2-3,14H2,1H3,(H,30,31). The fourth-order valence-corrected chi connectivity index (χ4v) is 3.23. The summed E-state index contributed by atoms with van der Waals surface area (Å²) in [5.74, 6) is -2.65. The van der Waals surface area contributed by atoms with Gasteiger partial charge in [-0.25, -0.2) is 9.69 Å². The number of amides is 2. The van der Waals surface area contributed by atoms with Gasteiger partial charge < -0.3 is 9.84 Å². The van der Waals surface area contributed by atoms with Gasteiger partial charge in [0.15, 0.2) is 0 Å². The monoisotopic (exact) mass is 462 g/mol. The van der Waals surface area contributed by atoms with E-state index in [0.717, 1.165) is 23.8 Å². The van der Waals surface area contributed by atoms with Crippen LogP contribution in [0.25, 0.3) is 0 Å². The number of hydrogen-bond acceptors (Lipinski definition) is 6. The molecule has 0 aliphatic heterocycles. The van der Waals surface area contributed by atoms with Crippen LogP contribution in [0.15, 0.2) is 72.8 Å². The van der Waals surface area contributed by atoms with Crippen LogP contribution in [0.1, 0.15) is 50.8 Å². The molecule has 0 aliphatic rings. The zero-order valence-electron chi connectivity index (χ0n) is 18.3. The van der Waals surface area contributed by atoms with Crippen LogP contribution in [0.5, 0.6) is 5.75 Å². The van der Waals surface area contributed by atoms with Crippen LogP contribution in [0.4, 0.5) is 11.4 Å². The molecule has 0 atom stereocenters. The molecule has 0 heterocycles. The topological polar surface area (TPSA) is 127 Å². The minimum atomic E-state index is -1.33. The van der Waals surface area contributed by atoms with Crippen molar-refractivity contribution in [1.82, 2.24) is 0 Å². The number of non-ortho nitro benzene ring substituents is 1. The highest BCUT2D eigenvalue weighted by atomic mass is 16.6. The molecule has 9 nitrogen and oxygen atoms in total. The van der Waals surface area contributed by atoms with Crippen molar-refractivity contribution in [2.75, 3.05) is 11.5 Å². The lowest BCUT2D eigenvalue weighted by molar-refractivity contribution is -0.384. The Morgan fingerprint density at radius 3 is 2.32 bits per heavy atom. The van der Waals surface area contributed by atoms with Crippen LogP contribution in [0.2, 0.25) is 0 Å². The zero-order valence-corrected chi connectivity index (χ0v) is 18.3. The molecular weight excluding hydrogens is 440 g/mol. The molecule has 0 spiro atoms. The number of benzene rings is 3. The second kappa shape index (κ2) is 10.9. The molecule has 0 fully saturated rings. The highest BCUT2D eigenvalue weighted by Crippen LogP contribution is 2.27. The van der Waals surface area contributed by atoms with Crippen molar-refractivity contribution in [3.8, 4) is 5.75 Å². The van der Waals surface area contributed by atoms with E-state index in [1.54, 1.807) is 12.1 Å². The van der Waals surface area contributed by atoms with Crippen molar-refractivity contribution < 1.29 is 29.2 Å². The van der Waals surface area contributed by atoms with Gasteiger partial charge in [-0.05, 0) is 36.8 Å². The summed E-state index contributed by atoms with van der Waals surface area (Å²) in [6.07, 6.45) is 1.73. The smallest absolute Gasteiger partial charge is 0.336 e. The van der Waals surface area contributed by atoms with E-state index in [1.807, 2.05) is 6.92 Å². The molecule has 0 unspecified atom stereocenters. The van der Waals surface area contributed by atoms with E-state index < -0.39 is 22.7 Å². The number of unbranched alkanes of at least 4 members (excludes halogenated alkanes) is 1. The van der Waals surface area contributed by atoms with E-state index in [2.05, 4.69) is 0 Å². The third kappa shape index (κ3) is 5.44. The van der Waals surface area contributed by atoms with Crippen molar-refractivity contribution >= 4 is 29.2 Å². The predicted octanol–water partition coefficient (Wildman–Crippen LogP) is 4.96. The van der Waals surface area contributed by atoms with Crippen LogP contribution in [0.3, 0.4) is 0 Å². The quantitative estimate of drug-likeness (QED) is 0.206. The Balaban J connectivity index is 2.11. The number of aromatic carboxylic acids is 1. The van der Waals surface area contributed by atoms with Crippen LogP contribution in [-0.2, 0) is 0 Å². The van der Waals surface area contributed by atoms with E-state index in [1.165, 1.54) is 54.6 Å². The molecule has 174 valence electrons. The van der Waals surface area contributed by atoms with Gasteiger partial charge in [0.25, 0.3) is 17.5 Å². The molecule has 0 saturated carbocycles. The normalized spacial score (nSPS) is 10.4. The number of ether oxygens (including phenoxy) is 1. The van der Waals surface area contributed by atoms with E-state index in [-0.39, 0.29) is 28.1 Å². The highest BCUT2D eigenvalue weighted by Gasteiger charge is 2.30. The Morgan fingerprint density at radius 2 is 1.65 bits per heavy atom. The molecule has 9 heteroatoms. The summed E-state index contributed by atoms with van der Waals surface area (Å²) < 4.78 is 5.69. The molecule has 3 aromatic carbocycles. The number of rotatable bonds is 9. The average molecular weight is 462 g/mol. The first kappa shape index (κ1) is 24.1. The number of imide groups is 1. The van der Waals surface area contributed by atoms with Crippen LogP contribution in [-0.4, -0.2) is 34.4 Å². The zero-order chi connectivity index (χ0) is 24.7. The first-order valence-corrected chi connectivity index (χ1v) is 10.5. The number of nitro benzene ring substituents is 1. The largest absolute Gasteiger partial charge is 0.494 e. The number of carboxylic acid groups (broad SMARTS) is 1. The molecule has 34 heavy (non-hydrogen) atoms. The Bertz CT molecular complexity index is 1240. The van der Waals surface area contributed by atoms with E-state index in [9.17, 15) is 29.6 Å². The molecule has 2 amide bonds. The third-order valence-corrected chi connectivity index (χ3v) is 4.94. The van der Waals surface area contributed by atoms with E-state index >= 15 is 0 Å². The minimum absolute atomic E-state index is 0.104. The number of nitro groups is 1. The minimum Gasteiger partial charge on any atom is -0.494 e. The van der Waals surface area contributed by atoms with Crippen molar-refractivity contribution in [2.24, 2.45) is 0 Å². The summed E-state index contributed by atoms with van der Waals surface area (Å²) in [5, 5.41) is 20.7. The summed E-state index contributed by atoms with van der Waals surface area (Å²) in [6, 6.07) is 16.8. The third-order valence-electron chi connectivity index (χ3n) is 4.94. The molecule has 0 bridgehead atoms. The van der Waals surface area contributed by atoms with Gasteiger partial charge in [-0.1, -0.05) is 37.6 Å². The predicted molar refractivity (Wildman–Crippen MR) is 124 cm³/mol. The number of hydrogen-bond donors (Lipinski definition) is 1. The fourth-order valence-electron chi connectivity index (χ4n) is 3.23. The number of nitrogens with zero attached hydrogens (tertiary/aromatic N) is 2. The fraction of sp³-hybridized carbons (Fsp3) is 0.160. The molecular formula is C25H22N2O7. The lowest BCUT2D eigenvalue weighted by atomic mass is 10.0. The van der Waals surface area contributed by atoms with Gasteiger partial charge >= 0.3 is 5.97 Å². The highest BCUT2D eigenvalue weighted by molar-refractivity contribution is 6.27. The second-order valence-electron chi connectivity index (χ2n) is 7.30.